The number of hydrogen-bond donors (Lipinski definition) is 3. The van der Waals surface area contributed by atoms with Crippen LogP contribution >= 0.6 is 0 Å². The van der Waals surface area contributed by atoms with Crippen molar-refractivity contribution in [1.29, 1.82) is 0 Å². The van der Waals surface area contributed by atoms with Gasteiger partial charge in [0.25, 0.3) is 0 Å². The zero-order valence-corrected chi connectivity index (χ0v) is 12.9. The molecule has 0 atom stereocenters. The molecule has 0 aliphatic carbocycles. The highest BCUT2D eigenvalue weighted by Gasteiger charge is 2.13. The molecule has 2 aromatic rings. The smallest absolute Gasteiger partial charge is 0.150 e. The molecule has 0 spiro atoms. The minimum absolute atomic E-state index is 0.383. The van der Waals surface area contributed by atoms with E-state index in [4.69, 9.17) is 10.5 Å². The Morgan fingerprint density at radius 3 is 2.65 bits per heavy atom. The van der Waals surface area contributed by atoms with Crippen molar-refractivity contribution in [2.75, 3.05) is 36.1 Å². The second-order valence-corrected chi connectivity index (χ2v) is 5.51. The Labute approximate surface area is 134 Å². The zero-order valence-electron chi connectivity index (χ0n) is 12.9. The summed E-state index contributed by atoms with van der Waals surface area (Å²) in [6, 6.07) is 1.85. The highest BCUT2D eigenvalue weighted by molar-refractivity contribution is 5.55. The molecule has 0 aromatic carbocycles. The Balaban J connectivity index is 1.51. The van der Waals surface area contributed by atoms with Crippen LogP contribution in [0.2, 0.25) is 0 Å². The second-order valence-electron chi connectivity index (χ2n) is 5.51. The summed E-state index contributed by atoms with van der Waals surface area (Å²) < 4.78 is 5.38. The fraction of sp³-hybridized carbons (Fsp3) is 0.467. The first kappa shape index (κ1) is 15.4. The van der Waals surface area contributed by atoms with E-state index < -0.39 is 0 Å². The monoisotopic (exact) mass is 315 g/mol. The summed E-state index contributed by atoms with van der Waals surface area (Å²) >= 11 is 0. The van der Waals surface area contributed by atoms with Crippen LogP contribution in [0.1, 0.15) is 19.3 Å². The number of hydrogen-bond acceptors (Lipinski definition) is 8. The van der Waals surface area contributed by atoms with Crippen molar-refractivity contribution in [3.05, 3.63) is 24.8 Å². The van der Waals surface area contributed by atoms with Crippen LogP contribution in [0.15, 0.2) is 24.8 Å². The lowest BCUT2D eigenvalue weighted by molar-refractivity contribution is 0.0649. The first-order valence-corrected chi connectivity index (χ1v) is 7.78. The summed E-state index contributed by atoms with van der Waals surface area (Å²) in [7, 11) is 0. The molecule has 0 amide bonds. The Kier molecular flexibility index (Phi) is 5.15. The predicted molar refractivity (Wildman–Crippen MR) is 88.4 cm³/mol. The molecular formula is C15H21N7O. The third-order valence-corrected chi connectivity index (χ3v) is 3.79. The summed E-state index contributed by atoms with van der Waals surface area (Å²) in [6.45, 7) is 2.66. The normalized spacial score (nSPS) is 15.3. The summed E-state index contributed by atoms with van der Waals surface area (Å²) in [5.74, 6) is 3.16. The van der Waals surface area contributed by atoms with Gasteiger partial charge in [0.15, 0.2) is 0 Å². The first-order chi connectivity index (χ1) is 11.3. The number of aromatic nitrogens is 4. The van der Waals surface area contributed by atoms with Crippen molar-refractivity contribution in [3.63, 3.8) is 0 Å². The number of anilines is 4. The molecule has 0 saturated carbocycles. The molecule has 23 heavy (non-hydrogen) atoms. The summed E-state index contributed by atoms with van der Waals surface area (Å²) in [6.07, 6.45) is 8.00. The molecule has 1 fully saturated rings. The van der Waals surface area contributed by atoms with Crippen LogP contribution in [0, 0.1) is 5.92 Å². The lowest BCUT2D eigenvalue weighted by Crippen LogP contribution is -2.18. The topological polar surface area (TPSA) is 111 Å². The minimum atomic E-state index is 0.383. The number of rotatable bonds is 6. The molecule has 1 aliphatic rings. The van der Waals surface area contributed by atoms with E-state index in [-0.39, 0.29) is 0 Å². The molecule has 8 nitrogen and oxygen atoms in total. The summed E-state index contributed by atoms with van der Waals surface area (Å²) in [5.41, 5.74) is 5.52. The van der Waals surface area contributed by atoms with Gasteiger partial charge in [0, 0.05) is 25.8 Å². The van der Waals surface area contributed by atoms with E-state index >= 15 is 0 Å². The van der Waals surface area contributed by atoms with Crippen LogP contribution in [0.4, 0.5) is 23.3 Å². The van der Waals surface area contributed by atoms with Gasteiger partial charge in [-0.05, 0) is 25.2 Å². The summed E-state index contributed by atoms with van der Waals surface area (Å²) in [4.78, 5) is 16.5. The molecule has 8 heteroatoms. The van der Waals surface area contributed by atoms with Gasteiger partial charge in [-0.2, -0.15) is 0 Å². The van der Waals surface area contributed by atoms with E-state index in [1.54, 1.807) is 6.20 Å². The van der Waals surface area contributed by atoms with E-state index in [1.807, 2.05) is 6.07 Å². The Bertz CT molecular complexity index is 613. The van der Waals surface area contributed by atoms with Gasteiger partial charge in [-0.3, -0.25) is 0 Å². The fourth-order valence-electron chi connectivity index (χ4n) is 2.50. The molecular weight excluding hydrogens is 294 g/mol. The van der Waals surface area contributed by atoms with Gasteiger partial charge in [0.05, 0.1) is 12.4 Å². The molecule has 2 aromatic heterocycles. The maximum absolute atomic E-state index is 5.52. The van der Waals surface area contributed by atoms with Crippen LogP contribution in [-0.2, 0) is 4.74 Å². The molecule has 122 valence electrons. The van der Waals surface area contributed by atoms with Gasteiger partial charge in [0.2, 0.25) is 0 Å². The van der Waals surface area contributed by atoms with Crippen LogP contribution < -0.4 is 16.4 Å². The number of nitrogen functional groups attached to an aromatic ring is 1. The van der Waals surface area contributed by atoms with Crippen molar-refractivity contribution >= 4 is 23.3 Å². The standard InChI is InChI=1S/C15H21N7O/c16-12-8-19-15(9-18-12)22-14-7-13(20-10-21-14)17-4-1-11-2-5-23-6-3-11/h7-11H,1-6H2,(H2,16,18)(H2,17,19,20,21,22). The molecule has 4 N–H and O–H groups in total. The Morgan fingerprint density at radius 2 is 1.87 bits per heavy atom. The van der Waals surface area contributed by atoms with E-state index in [0.29, 0.717) is 17.5 Å². The largest absolute Gasteiger partial charge is 0.382 e. The van der Waals surface area contributed by atoms with Gasteiger partial charge in [-0.25, -0.2) is 19.9 Å². The molecule has 0 unspecified atom stereocenters. The van der Waals surface area contributed by atoms with Crippen LogP contribution in [0.5, 0.6) is 0 Å². The lowest BCUT2D eigenvalue weighted by Gasteiger charge is -2.21. The van der Waals surface area contributed by atoms with Gasteiger partial charge < -0.3 is 21.1 Å². The summed E-state index contributed by atoms with van der Waals surface area (Å²) in [5, 5.41) is 6.41. The van der Waals surface area contributed by atoms with Crippen molar-refractivity contribution in [1.82, 2.24) is 19.9 Å². The molecule has 3 rings (SSSR count). The Hall–Kier alpha value is -2.48. The molecule has 3 heterocycles. The van der Waals surface area contributed by atoms with Gasteiger partial charge in [-0.15, -0.1) is 0 Å². The van der Waals surface area contributed by atoms with Gasteiger partial charge in [0.1, 0.15) is 29.6 Å². The van der Waals surface area contributed by atoms with Gasteiger partial charge >= 0.3 is 0 Å². The maximum Gasteiger partial charge on any atom is 0.150 e. The average molecular weight is 315 g/mol. The fourth-order valence-corrected chi connectivity index (χ4v) is 2.50. The number of nitrogens with two attached hydrogens (primary N) is 1. The van der Waals surface area contributed by atoms with E-state index in [9.17, 15) is 0 Å². The van der Waals surface area contributed by atoms with Gasteiger partial charge in [-0.1, -0.05) is 0 Å². The average Bonchev–Trinajstić information content (AvgIpc) is 2.58. The highest BCUT2D eigenvalue weighted by atomic mass is 16.5. The molecule has 0 radical (unpaired) electrons. The molecule has 1 aliphatic heterocycles. The van der Waals surface area contributed by atoms with Crippen LogP contribution in [0.3, 0.4) is 0 Å². The molecule has 1 saturated heterocycles. The van der Waals surface area contributed by atoms with E-state index in [1.165, 1.54) is 12.5 Å². The highest BCUT2D eigenvalue weighted by Crippen LogP contribution is 2.19. The second kappa shape index (κ2) is 7.68. The number of nitrogens with zero attached hydrogens (tertiary/aromatic N) is 4. The quantitative estimate of drug-likeness (QED) is 0.740. The minimum Gasteiger partial charge on any atom is -0.382 e. The van der Waals surface area contributed by atoms with Crippen LogP contribution in [0.25, 0.3) is 0 Å². The van der Waals surface area contributed by atoms with Crippen molar-refractivity contribution in [3.8, 4) is 0 Å². The van der Waals surface area contributed by atoms with Crippen LogP contribution in [-0.4, -0.2) is 39.7 Å². The first-order valence-electron chi connectivity index (χ1n) is 7.78. The predicted octanol–water partition coefficient (Wildman–Crippen LogP) is 1.82. The molecule has 0 bridgehead atoms. The third-order valence-electron chi connectivity index (χ3n) is 3.79. The third kappa shape index (κ3) is 4.75. The maximum atomic E-state index is 5.52. The zero-order chi connectivity index (χ0) is 15.9. The Morgan fingerprint density at radius 1 is 1.04 bits per heavy atom. The van der Waals surface area contributed by atoms with E-state index in [2.05, 4.69) is 30.6 Å². The van der Waals surface area contributed by atoms with Crippen molar-refractivity contribution in [2.45, 2.75) is 19.3 Å². The number of nitrogens with one attached hydrogen (secondary N) is 2. The number of ether oxygens (including phenoxy) is 1. The van der Waals surface area contributed by atoms with Crippen molar-refractivity contribution in [2.24, 2.45) is 5.92 Å². The SMILES string of the molecule is Nc1cnc(Nc2cc(NCCC3CCOCC3)ncn2)cn1. The lowest BCUT2D eigenvalue weighted by atomic mass is 9.97. The van der Waals surface area contributed by atoms with E-state index in [0.717, 1.165) is 50.8 Å². The van der Waals surface area contributed by atoms with Crippen molar-refractivity contribution < 1.29 is 4.74 Å².